The highest BCUT2D eigenvalue weighted by molar-refractivity contribution is 5.98. The number of carbonyl (C=O) groups is 1. The highest BCUT2D eigenvalue weighted by Gasteiger charge is 2.14. The van der Waals surface area contributed by atoms with Crippen LogP contribution in [-0.2, 0) is 4.79 Å². The van der Waals surface area contributed by atoms with Gasteiger partial charge in [-0.05, 0) is 73.3 Å². The highest BCUT2D eigenvalue weighted by Crippen LogP contribution is 2.30. The van der Waals surface area contributed by atoms with Gasteiger partial charge in [0.25, 0.3) is 0 Å². The van der Waals surface area contributed by atoms with Crippen LogP contribution in [0.15, 0.2) is 85.3 Å². The Morgan fingerprint density at radius 2 is 1.80 bits per heavy atom. The number of pyridine rings is 3. The molecule has 3 aromatic heterocycles. The number of fused-ring (bicyclic) bond motifs is 2. The second-order valence-electron chi connectivity index (χ2n) is 8.16. The van der Waals surface area contributed by atoms with Crippen molar-refractivity contribution < 1.29 is 4.79 Å². The molecule has 3 heterocycles. The predicted octanol–water partition coefficient (Wildman–Crippen LogP) is 4.79. The van der Waals surface area contributed by atoms with Crippen molar-refractivity contribution in [3.63, 3.8) is 0 Å². The van der Waals surface area contributed by atoms with Crippen LogP contribution in [0.5, 0.6) is 0 Å². The molecule has 6 nitrogen and oxygen atoms in total. The number of hydrogen-bond acceptors (Lipinski definition) is 5. The fourth-order valence-electron chi connectivity index (χ4n) is 3.84. The third kappa shape index (κ3) is 4.72. The molecule has 5 aromatic rings. The molecule has 0 aliphatic rings. The quantitative estimate of drug-likeness (QED) is 0.379. The second-order valence-corrected chi connectivity index (χ2v) is 8.16. The first-order chi connectivity index (χ1) is 17.1. The van der Waals surface area contributed by atoms with Crippen LogP contribution in [0.3, 0.4) is 0 Å². The van der Waals surface area contributed by atoms with E-state index in [0.717, 1.165) is 38.4 Å². The maximum atomic E-state index is 12.4. The summed E-state index contributed by atoms with van der Waals surface area (Å²) >= 11 is 0. The SMILES string of the molecule is CNC(C)C(=O)Nc1ccc(-c2cccc3ccncc23)c(C#Cc2ccc3ncccc3c2)n1. The van der Waals surface area contributed by atoms with Crippen LogP contribution in [0, 0.1) is 11.8 Å². The van der Waals surface area contributed by atoms with Gasteiger partial charge in [-0.1, -0.05) is 30.2 Å². The van der Waals surface area contributed by atoms with Crippen molar-refractivity contribution in [3.8, 4) is 23.0 Å². The molecule has 0 radical (unpaired) electrons. The van der Waals surface area contributed by atoms with E-state index < -0.39 is 0 Å². The van der Waals surface area contributed by atoms with Crippen molar-refractivity contribution in [1.29, 1.82) is 0 Å². The Morgan fingerprint density at radius 3 is 2.69 bits per heavy atom. The molecule has 1 amide bonds. The minimum Gasteiger partial charge on any atom is -0.309 e. The normalized spacial score (nSPS) is 11.6. The smallest absolute Gasteiger partial charge is 0.242 e. The zero-order valence-corrected chi connectivity index (χ0v) is 19.4. The van der Waals surface area contributed by atoms with Crippen molar-refractivity contribution in [2.45, 2.75) is 13.0 Å². The first kappa shape index (κ1) is 22.2. The summed E-state index contributed by atoms with van der Waals surface area (Å²) in [6, 6.07) is 21.3. The summed E-state index contributed by atoms with van der Waals surface area (Å²) in [5.74, 6) is 6.78. The standard InChI is InChI=1S/C29H23N5O/c1-19(30-2)29(35)34-28-13-10-24(23-7-3-5-21-14-16-31-18-25(21)23)27(33-28)12-9-20-8-11-26-22(17-20)6-4-15-32-26/h3-8,10-11,13-19,30H,1-2H3,(H,33,34,35). The lowest BCUT2D eigenvalue weighted by Crippen LogP contribution is -2.35. The van der Waals surface area contributed by atoms with Gasteiger partial charge in [-0.3, -0.25) is 14.8 Å². The number of nitrogens with one attached hydrogen (secondary N) is 2. The van der Waals surface area contributed by atoms with E-state index in [-0.39, 0.29) is 11.9 Å². The molecule has 0 fully saturated rings. The summed E-state index contributed by atoms with van der Waals surface area (Å²) in [5.41, 5.74) is 4.21. The van der Waals surface area contributed by atoms with Gasteiger partial charge in [0.1, 0.15) is 11.5 Å². The molecule has 5 rings (SSSR count). The van der Waals surface area contributed by atoms with E-state index in [4.69, 9.17) is 4.98 Å². The van der Waals surface area contributed by atoms with Gasteiger partial charge in [-0.25, -0.2) is 4.98 Å². The Balaban J connectivity index is 1.62. The van der Waals surface area contributed by atoms with Crippen molar-refractivity contribution in [3.05, 3.63) is 96.6 Å². The van der Waals surface area contributed by atoms with Crippen molar-refractivity contribution >= 4 is 33.4 Å². The minimum absolute atomic E-state index is 0.164. The summed E-state index contributed by atoms with van der Waals surface area (Å²) in [6.07, 6.45) is 5.40. The van der Waals surface area contributed by atoms with Crippen LogP contribution < -0.4 is 10.6 Å². The fourth-order valence-corrected chi connectivity index (χ4v) is 3.84. The Labute approximate surface area is 203 Å². The maximum Gasteiger partial charge on any atom is 0.242 e. The third-order valence-electron chi connectivity index (χ3n) is 5.87. The summed E-state index contributed by atoms with van der Waals surface area (Å²) < 4.78 is 0. The van der Waals surface area contributed by atoms with E-state index in [1.807, 2.05) is 60.8 Å². The van der Waals surface area contributed by atoms with Crippen LogP contribution in [0.1, 0.15) is 18.2 Å². The molecule has 0 aliphatic heterocycles. The number of carbonyl (C=O) groups excluding carboxylic acids is 1. The molecule has 2 aromatic carbocycles. The molecule has 2 N–H and O–H groups in total. The Hall–Kier alpha value is -4.60. The molecule has 1 unspecified atom stereocenters. The zero-order chi connectivity index (χ0) is 24.2. The molecular weight excluding hydrogens is 434 g/mol. The van der Waals surface area contributed by atoms with Gasteiger partial charge in [0.05, 0.1) is 11.6 Å². The summed E-state index contributed by atoms with van der Waals surface area (Å²) in [7, 11) is 1.74. The number of hydrogen-bond donors (Lipinski definition) is 2. The molecule has 0 saturated heterocycles. The minimum atomic E-state index is -0.346. The largest absolute Gasteiger partial charge is 0.309 e. The van der Waals surface area contributed by atoms with E-state index in [1.54, 1.807) is 32.4 Å². The van der Waals surface area contributed by atoms with Gasteiger partial charge < -0.3 is 10.6 Å². The lowest BCUT2D eigenvalue weighted by Gasteiger charge is -2.13. The first-order valence-corrected chi connectivity index (χ1v) is 11.3. The number of rotatable bonds is 4. The number of likely N-dealkylation sites (N-methyl/N-ethyl adjacent to an activating group) is 1. The third-order valence-corrected chi connectivity index (χ3v) is 5.87. The fraction of sp³-hybridized carbons (Fsp3) is 0.103. The van der Waals surface area contributed by atoms with Crippen LogP contribution in [0.25, 0.3) is 32.8 Å². The van der Waals surface area contributed by atoms with Crippen LogP contribution in [0.4, 0.5) is 5.82 Å². The molecule has 1 atom stereocenters. The van der Waals surface area contributed by atoms with Gasteiger partial charge in [-0.15, -0.1) is 0 Å². The molecule has 35 heavy (non-hydrogen) atoms. The molecule has 0 aliphatic carbocycles. The molecule has 0 bridgehead atoms. The number of anilines is 1. The molecule has 0 saturated carbocycles. The lowest BCUT2D eigenvalue weighted by atomic mass is 9.98. The van der Waals surface area contributed by atoms with Gasteiger partial charge in [0.2, 0.25) is 5.91 Å². The summed E-state index contributed by atoms with van der Waals surface area (Å²) in [5, 5.41) is 8.92. The number of benzene rings is 2. The Kier molecular flexibility index (Phi) is 6.16. The first-order valence-electron chi connectivity index (χ1n) is 11.3. The lowest BCUT2D eigenvalue weighted by molar-refractivity contribution is -0.117. The average Bonchev–Trinajstić information content (AvgIpc) is 2.91. The number of aromatic nitrogens is 3. The monoisotopic (exact) mass is 457 g/mol. The van der Waals surface area contributed by atoms with E-state index in [0.29, 0.717) is 11.5 Å². The highest BCUT2D eigenvalue weighted by atomic mass is 16.2. The number of amides is 1. The van der Waals surface area contributed by atoms with Crippen molar-refractivity contribution in [2.75, 3.05) is 12.4 Å². The average molecular weight is 458 g/mol. The maximum absolute atomic E-state index is 12.4. The van der Waals surface area contributed by atoms with E-state index >= 15 is 0 Å². The van der Waals surface area contributed by atoms with Crippen LogP contribution in [-0.4, -0.2) is 33.9 Å². The van der Waals surface area contributed by atoms with Crippen LogP contribution in [0.2, 0.25) is 0 Å². The van der Waals surface area contributed by atoms with Gasteiger partial charge >= 0.3 is 0 Å². The summed E-state index contributed by atoms with van der Waals surface area (Å²) in [6.45, 7) is 1.79. The molecule has 6 heteroatoms. The predicted molar refractivity (Wildman–Crippen MR) is 140 cm³/mol. The van der Waals surface area contributed by atoms with E-state index in [1.165, 1.54) is 0 Å². The molecule has 0 spiro atoms. The van der Waals surface area contributed by atoms with E-state index in [2.05, 4.69) is 38.5 Å². The summed E-state index contributed by atoms with van der Waals surface area (Å²) in [4.78, 5) is 25.8. The Morgan fingerprint density at radius 1 is 0.914 bits per heavy atom. The topological polar surface area (TPSA) is 79.8 Å². The Bertz CT molecular complexity index is 1610. The number of nitrogens with zero attached hydrogens (tertiary/aromatic N) is 3. The van der Waals surface area contributed by atoms with E-state index in [9.17, 15) is 4.79 Å². The van der Waals surface area contributed by atoms with Crippen molar-refractivity contribution in [1.82, 2.24) is 20.3 Å². The van der Waals surface area contributed by atoms with Gasteiger partial charge in [-0.2, -0.15) is 0 Å². The van der Waals surface area contributed by atoms with Gasteiger partial charge in [0.15, 0.2) is 0 Å². The van der Waals surface area contributed by atoms with Crippen molar-refractivity contribution in [2.24, 2.45) is 0 Å². The molecular formula is C29H23N5O. The van der Waals surface area contributed by atoms with Crippen LogP contribution >= 0.6 is 0 Å². The second kappa shape index (κ2) is 9.72. The zero-order valence-electron chi connectivity index (χ0n) is 19.4. The molecule has 170 valence electrons. The van der Waals surface area contributed by atoms with Gasteiger partial charge in [0, 0.05) is 40.5 Å².